The monoisotopic (exact) mass is 207 g/mol. The smallest absolute Gasteiger partial charge is 0.303 e. The molecule has 0 aliphatic heterocycles. The van der Waals surface area contributed by atoms with Gasteiger partial charge in [0.2, 0.25) is 0 Å². The summed E-state index contributed by atoms with van der Waals surface area (Å²) in [6.07, 6.45) is 1.79. The van der Waals surface area contributed by atoms with Crippen LogP contribution in [-0.2, 0) is 17.8 Å². The first-order valence-electron chi connectivity index (χ1n) is 5.16. The van der Waals surface area contributed by atoms with E-state index in [2.05, 4.69) is 17.4 Å². The number of hydrogen-bond donors (Lipinski definition) is 2. The van der Waals surface area contributed by atoms with Crippen molar-refractivity contribution < 1.29 is 9.90 Å². The molecule has 2 N–H and O–H groups in total. The Morgan fingerprint density at radius 1 is 1.40 bits per heavy atom. The van der Waals surface area contributed by atoms with Gasteiger partial charge in [-0.3, -0.25) is 4.79 Å². The van der Waals surface area contributed by atoms with E-state index in [1.54, 1.807) is 0 Å². The molecule has 1 aromatic carbocycles. The lowest BCUT2D eigenvalue weighted by atomic mass is 10.1. The lowest BCUT2D eigenvalue weighted by Crippen LogP contribution is -2.05. The zero-order chi connectivity index (χ0) is 11.1. The summed E-state index contributed by atoms with van der Waals surface area (Å²) in [4.78, 5) is 10.3. The second-order valence-electron chi connectivity index (χ2n) is 3.60. The molecule has 3 heteroatoms. The summed E-state index contributed by atoms with van der Waals surface area (Å²) in [6, 6.07) is 8.25. The molecular formula is C12H17NO2. The third-order valence-electron chi connectivity index (χ3n) is 2.23. The molecule has 1 aromatic rings. The van der Waals surface area contributed by atoms with E-state index in [0.29, 0.717) is 6.42 Å². The first-order chi connectivity index (χ1) is 7.22. The lowest BCUT2D eigenvalue weighted by molar-refractivity contribution is -0.137. The van der Waals surface area contributed by atoms with Crippen LogP contribution >= 0.6 is 0 Å². The molecule has 0 radical (unpaired) electrons. The van der Waals surface area contributed by atoms with Gasteiger partial charge in [-0.1, -0.05) is 24.3 Å². The predicted octanol–water partition coefficient (Wildman–Crippen LogP) is 1.81. The van der Waals surface area contributed by atoms with Crippen LogP contribution in [0.5, 0.6) is 0 Å². The van der Waals surface area contributed by atoms with Crippen LogP contribution in [-0.4, -0.2) is 18.1 Å². The van der Waals surface area contributed by atoms with Crippen molar-refractivity contribution in [2.75, 3.05) is 7.05 Å². The van der Waals surface area contributed by atoms with E-state index in [0.717, 1.165) is 13.0 Å². The van der Waals surface area contributed by atoms with E-state index in [4.69, 9.17) is 5.11 Å². The van der Waals surface area contributed by atoms with Crippen molar-refractivity contribution in [3.63, 3.8) is 0 Å². The van der Waals surface area contributed by atoms with E-state index in [1.807, 2.05) is 19.2 Å². The molecule has 1 rings (SSSR count). The van der Waals surface area contributed by atoms with Crippen LogP contribution < -0.4 is 5.32 Å². The van der Waals surface area contributed by atoms with Crippen molar-refractivity contribution in [1.82, 2.24) is 5.32 Å². The van der Waals surface area contributed by atoms with Crippen molar-refractivity contribution in [3.8, 4) is 0 Å². The number of carboxylic acid groups (broad SMARTS) is 1. The number of benzene rings is 1. The minimum Gasteiger partial charge on any atom is -0.481 e. The van der Waals surface area contributed by atoms with E-state index in [9.17, 15) is 4.79 Å². The highest BCUT2D eigenvalue weighted by atomic mass is 16.4. The number of aryl methyl sites for hydroxylation is 1. The summed E-state index contributed by atoms with van der Waals surface area (Å²) < 4.78 is 0. The van der Waals surface area contributed by atoms with Crippen molar-refractivity contribution in [2.45, 2.75) is 25.8 Å². The Bertz CT molecular complexity index is 323. The molecule has 0 fully saturated rings. The van der Waals surface area contributed by atoms with E-state index in [-0.39, 0.29) is 6.42 Å². The summed E-state index contributed by atoms with van der Waals surface area (Å²) in [7, 11) is 1.91. The Hall–Kier alpha value is -1.35. The van der Waals surface area contributed by atoms with Crippen LogP contribution in [0.4, 0.5) is 0 Å². The second-order valence-corrected chi connectivity index (χ2v) is 3.60. The van der Waals surface area contributed by atoms with E-state index >= 15 is 0 Å². The third-order valence-corrected chi connectivity index (χ3v) is 2.23. The van der Waals surface area contributed by atoms with Gasteiger partial charge in [-0.2, -0.15) is 0 Å². The molecule has 0 saturated heterocycles. The fraction of sp³-hybridized carbons (Fsp3) is 0.417. The minimum absolute atomic E-state index is 0.246. The van der Waals surface area contributed by atoms with Gasteiger partial charge in [0.25, 0.3) is 0 Å². The fourth-order valence-electron chi connectivity index (χ4n) is 1.54. The van der Waals surface area contributed by atoms with Gasteiger partial charge < -0.3 is 10.4 Å². The molecule has 0 unspecified atom stereocenters. The number of rotatable bonds is 6. The first-order valence-corrected chi connectivity index (χ1v) is 5.16. The molecule has 0 aliphatic carbocycles. The molecular weight excluding hydrogens is 190 g/mol. The van der Waals surface area contributed by atoms with Crippen LogP contribution in [0.25, 0.3) is 0 Å². The fourth-order valence-corrected chi connectivity index (χ4v) is 1.54. The van der Waals surface area contributed by atoms with Crippen molar-refractivity contribution >= 4 is 5.97 Å². The highest BCUT2D eigenvalue weighted by Crippen LogP contribution is 2.08. The van der Waals surface area contributed by atoms with Gasteiger partial charge in [0.05, 0.1) is 0 Å². The number of carbonyl (C=O) groups is 1. The maximum atomic E-state index is 10.3. The minimum atomic E-state index is -0.721. The van der Waals surface area contributed by atoms with Crippen LogP contribution in [0.15, 0.2) is 24.3 Å². The first kappa shape index (κ1) is 11.7. The summed E-state index contributed by atoms with van der Waals surface area (Å²) >= 11 is 0. The van der Waals surface area contributed by atoms with Gasteiger partial charge in [0.15, 0.2) is 0 Å². The summed E-state index contributed by atoms with van der Waals surface area (Å²) in [5.41, 5.74) is 2.45. The molecule has 0 aromatic heterocycles. The molecule has 0 saturated carbocycles. The van der Waals surface area contributed by atoms with E-state index < -0.39 is 5.97 Å². The Morgan fingerprint density at radius 3 is 2.80 bits per heavy atom. The largest absolute Gasteiger partial charge is 0.481 e. The van der Waals surface area contributed by atoms with Gasteiger partial charge in [0.1, 0.15) is 0 Å². The Kier molecular flexibility index (Phi) is 4.84. The zero-order valence-corrected chi connectivity index (χ0v) is 8.99. The Morgan fingerprint density at radius 2 is 2.13 bits per heavy atom. The van der Waals surface area contributed by atoms with Crippen molar-refractivity contribution in [1.29, 1.82) is 0 Å². The molecule has 0 amide bonds. The molecule has 0 atom stereocenters. The zero-order valence-electron chi connectivity index (χ0n) is 8.99. The van der Waals surface area contributed by atoms with Gasteiger partial charge >= 0.3 is 5.97 Å². The van der Waals surface area contributed by atoms with Crippen LogP contribution in [0.3, 0.4) is 0 Å². The van der Waals surface area contributed by atoms with Gasteiger partial charge in [-0.05, 0) is 31.0 Å². The van der Waals surface area contributed by atoms with E-state index in [1.165, 1.54) is 11.1 Å². The maximum absolute atomic E-state index is 10.3. The molecule has 0 spiro atoms. The average molecular weight is 207 g/mol. The van der Waals surface area contributed by atoms with Gasteiger partial charge in [0, 0.05) is 13.0 Å². The maximum Gasteiger partial charge on any atom is 0.303 e. The predicted molar refractivity (Wildman–Crippen MR) is 59.8 cm³/mol. The normalized spacial score (nSPS) is 10.2. The third kappa shape index (κ3) is 4.61. The number of aliphatic carboxylic acids is 1. The summed E-state index contributed by atoms with van der Waals surface area (Å²) in [5.74, 6) is -0.721. The molecule has 3 nitrogen and oxygen atoms in total. The number of carboxylic acids is 1. The quantitative estimate of drug-likeness (QED) is 0.748. The summed E-state index contributed by atoms with van der Waals surface area (Å²) in [6.45, 7) is 0.854. The Labute approximate surface area is 90.1 Å². The molecule has 82 valence electrons. The molecule has 0 aliphatic rings. The van der Waals surface area contributed by atoms with Crippen molar-refractivity contribution in [3.05, 3.63) is 35.4 Å². The van der Waals surface area contributed by atoms with Gasteiger partial charge in [-0.15, -0.1) is 0 Å². The second kappa shape index (κ2) is 6.19. The average Bonchev–Trinajstić information content (AvgIpc) is 2.18. The SMILES string of the molecule is CNCc1cccc(CCCC(=O)O)c1. The van der Waals surface area contributed by atoms with Crippen molar-refractivity contribution in [2.24, 2.45) is 0 Å². The highest BCUT2D eigenvalue weighted by molar-refractivity contribution is 5.66. The van der Waals surface area contributed by atoms with Crippen LogP contribution in [0.1, 0.15) is 24.0 Å². The van der Waals surface area contributed by atoms with Crippen LogP contribution in [0, 0.1) is 0 Å². The standard InChI is InChI=1S/C12H17NO2/c1-13-9-11-6-2-4-10(8-11)5-3-7-12(14)15/h2,4,6,8,13H,3,5,7,9H2,1H3,(H,14,15). The highest BCUT2D eigenvalue weighted by Gasteiger charge is 1.99. The topological polar surface area (TPSA) is 49.3 Å². The molecule has 15 heavy (non-hydrogen) atoms. The lowest BCUT2D eigenvalue weighted by Gasteiger charge is -2.04. The Balaban J connectivity index is 2.46. The van der Waals surface area contributed by atoms with Gasteiger partial charge in [-0.25, -0.2) is 0 Å². The molecule has 0 heterocycles. The number of nitrogens with one attached hydrogen (secondary N) is 1. The summed E-state index contributed by atoms with van der Waals surface area (Å²) in [5, 5.41) is 11.6. The van der Waals surface area contributed by atoms with Crippen LogP contribution in [0.2, 0.25) is 0 Å². The number of hydrogen-bond acceptors (Lipinski definition) is 2. The molecule has 0 bridgehead atoms.